The lowest BCUT2D eigenvalue weighted by molar-refractivity contribution is 0.0473. The Morgan fingerprint density at radius 2 is 1.57 bits per heavy atom. The van der Waals surface area contributed by atoms with Crippen LogP contribution in [0.25, 0.3) is 21.8 Å². The van der Waals surface area contributed by atoms with E-state index in [0.29, 0.717) is 5.56 Å². The van der Waals surface area contributed by atoms with Gasteiger partial charge in [0.05, 0.1) is 5.56 Å². The van der Waals surface area contributed by atoms with E-state index in [1.54, 1.807) is 6.07 Å². The molecule has 4 rings (SSSR count). The summed E-state index contributed by atoms with van der Waals surface area (Å²) in [4.78, 5) is 15.6. The Balaban J connectivity index is 1.63. The lowest BCUT2D eigenvalue weighted by atomic mass is 10.1. The fourth-order valence-corrected chi connectivity index (χ4v) is 2.78. The first-order chi connectivity index (χ1) is 11.3. The Hall–Kier alpha value is -3.07. The number of benzene rings is 3. The molecule has 3 heteroatoms. The summed E-state index contributed by atoms with van der Waals surface area (Å²) in [5.74, 6) is -0.305. The van der Waals surface area contributed by atoms with Crippen LogP contribution in [0.4, 0.5) is 0 Å². The molecule has 23 heavy (non-hydrogen) atoms. The molecule has 112 valence electrons. The van der Waals surface area contributed by atoms with Gasteiger partial charge in [-0.2, -0.15) is 0 Å². The summed E-state index contributed by atoms with van der Waals surface area (Å²) < 4.78 is 5.40. The van der Waals surface area contributed by atoms with Crippen LogP contribution in [0.15, 0.2) is 72.8 Å². The third-order valence-electron chi connectivity index (χ3n) is 3.95. The maximum absolute atomic E-state index is 12.3. The van der Waals surface area contributed by atoms with Crippen molar-refractivity contribution in [2.45, 2.75) is 6.61 Å². The molecule has 1 heterocycles. The van der Waals surface area contributed by atoms with Crippen LogP contribution in [-0.2, 0) is 11.3 Å². The number of carbonyl (C=O) groups excluding carboxylic acids is 1. The zero-order valence-electron chi connectivity index (χ0n) is 12.5. The van der Waals surface area contributed by atoms with Gasteiger partial charge in [-0.25, -0.2) is 4.79 Å². The average molecular weight is 301 g/mol. The molecule has 0 fully saturated rings. The minimum Gasteiger partial charge on any atom is -0.457 e. The normalized spacial score (nSPS) is 11.0. The quantitative estimate of drug-likeness (QED) is 0.558. The number of rotatable bonds is 3. The molecule has 0 aliphatic heterocycles. The van der Waals surface area contributed by atoms with E-state index in [1.807, 2.05) is 66.7 Å². The molecule has 0 atom stereocenters. The molecule has 1 aromatic heterocycles. The second-order valence-corrected chi connectivity index (χ2v) is 5.49. The highest BCUT2D eigenvalue weighted by Crippen LogP contribution is 2.26. The van der Waals surface area contributed by atoms with E-state index in [9.17, 15) is 4.79 Å². The number of aromatic nitrogens is 1. The number of ether oxygens (including phenoxy) is 1. The summed E-state index contributed by atoms with van der Waals surface area (Å²) in [5.41, 5.74) is 3.63. The number of carbonyl (C=O) groups is 1. The standard InChI is InChI=1S/C20H15NO2/c22-20(23-13-14-6-2-1-3-7-14)15-10-11-19-17(12-15)16-8-4-5-9-18(16)21-19/h1-12,21H,13H2. The van der Waals surface area contributed by atoms with E-state index in [2.05, 4.69) is 4.98 Å². The van der Waals surface area contributed by atoms with Crippen molar-refractivity contribution in [3.63, 3.8) is 0 Å². The Morgan fingerprint density at radius 1 is 0.826 bits per heavy atom. The largest absolute Gasteiger partial charge is 0.457 e. The molecule has 0 aliphatic rings. The van der Waals surface area contributed by atoms with Gasteiger partial charge in [0.25, 0.3) is 0 Å². The lowest BCUT2D eigenvalue weighted by Crippen LogP contribution is -2.04. The number of nitrogens with one attached hydrogen (secondary N) is 1. The topological polar surface area (TPSA) is 42.1 Å². The van der Waals surface area contributed by atoms with Crippen LogP contribution in [0, 0.1) is 0 Å². The van der Waals surface area contributed by atoms with Gasteiger partial charge in [0.1, 0.15) is 6.61 Å². The van der Waals surface area contributed by atoms with Gasteiger partial charge in [-0.15, -0.1) is 0 Å². The highest BCUT2D eigenvalue weighted by atomic mass is 16.5. The van der Waals surface area contributed by atoms with Gasteiger partial charge in [-0.1, -0.05) is 48.5 Å². The van der Waals surface area contributed by atoms with Crippen molar-refractivity contribution < 1.29 is 9.53 Å². The Bertz CT molecular complexity index is 986. The number of hydrogen-bond donors (Lipinski definition) is 1. The SMILES string of the molecule is O=C(OCc1ccccc1)c1ccc2[nH]c3ccccc3c2c1. The highest BCUT2D eigenvalue weighted by Gasteiger charge is 2.11. The Labute approximate surface area is 133 Å². The minimum absolute atomic E-state index is 0.283. The Morgan fingerprint density at radius 3 is 2.43 bits per heavy atom. The zero-order chi connectivity index (χ0) is 15.6. The van der Waals surface area contributed by atoms with Gasteiger partial charge in [-0.3, -0.25) is 0 Å². The van der Waals surface area contributed by atoms with Crippen molar-refractivity contribution in [2.75, 3.05) is 0 Å². The van der Waals surface area contributed by atoms with E-state index >= 15 is 0 Å². The summed E-state index contributed by atoms with van der Waals surface area (Å²) in [6.45, 7) is 0.283. The van der Waals surface area contributed by atoms with E-state index in [0.717, 1.165) is 27.4 Å². The number of H-pyrrole nitrogens is 1. The van der Waals surface area contributed by atoms with Gasteiger partial charge >= 0.3 is 5.97 Å². The van der Waals surface area contributed by atoms with E-state index in [1.165, 1.54) is 0 Å². The number of para-hydroxylation sites is 1. The number of esters is 1. The molecular weight excluding hydrogens is 286 g/mol. The molecule has 0 amide bonds. The highest BCUT2D eigenvalue weighted by molar-refractivity contribution is 6.09. The molecule has 4 aromatic rings. The van der Waals surface area contributed by atoms with Crippen LogP contribution in [0.3, 0.4) is 0 Å². The van der Waals surface area contributed by atoms with Crippen molar-refractivity contribution in [2.24, 2.45) is 0 Å². The zero-order valence-corrected chi connectivity index (χ0v) is 12.5. The van der Waals surface area contributed by atoms with Crippen molar-refractivity contribution in [3.05, 3.63) is 83.9 Å². The van der Waals surface area contributed by atoms with E-state index < -0.39 is 0 Å². The number of aromatic amines is 1. The molecule has 0 aliphatic carbocycles. The second kappa shape index (κ2) is 5.61. The van der Waals surface area contributed by atoms with Crippen LogP contribution in [0.2, 0.25) is 0 Å². The smallest absolute Gasteiger partial charge is 0.338 e. The van der Waals surface area contributed by atoms with E-state index in [-0.39, 0.29) is 12.6 Å². The molecule has 3 nitrogen and oxygen atoms in total. The summed E-state index contributed by atoms with van der Waals surface area (Å²) in [6.07, 6.45) is 0. The third kappa shape index (κ3) is 2.57. The van der Waals surface area contributed by atoms with Gasteiger partial charge < -0.3 is 9.72 Å². The first-order valence-electron chi connectivity index (χ1n) is 7.53. The van der Waals surface area contributed by atoms with Gasteiger partial charge in [0.15, 0.2) is 0 Å². The first kappa shape index (κ1) is 13.6. The molecule has 1 N–H and O–H groups in total. The fourth-order valence-electron chi connectivity index (χ4n) is 2.78. The molecule has 0 saturated carbocycles. The summed E-state index contributed by atoms with van der Waals surface area (Å²) >= 11 is 0. The lowest BCUT2D eigenvalue weighted by Gasteiger charge is -2.05. The molecule has 0 radical (unpaired) electrons. The Kier molecular flexibility index (Phi) is 3.31. The van der Waals surface area contributed by atoms with Crippen molar-refractivity contribution in [1.82, 2.24) is 4.98 Å². The van der Waals surface area contributed by atoms with Crippen LogP contribution in [-0.4, -0.2) is 11.0 Å². The van der Waals surface area contributed by atoms with Gasteiger partial charge in [0, 0.05) is 21.8 Å². The van der Waals surface area contributed by atoms with Crippen LogP contribution in [0.1, 0.15) is 15.9 Å². The molecule has 0 saturated heterocycles. The number of fused-ring (bicyclic) bond motifs is 3. The van der Waals surface area contributed by atoms with Crippen molar-refractivity contribution in [1.29, 1.82) is 0 Å². The molecule has 3 aromatic carbocycles. The first-order valence-corrected chi connectivity index (χ1v) is 7.53. The van der Waals surface area contributed by atoms with Crippen LogP contribution in [0.5, 0.6) is 0 Å². The number of hydrogen-bond acceptors (Lipinski definition) is 2. The molecule has 0 spiro atoms. The van der Waals surface area contributed by atoms with Crippen molar-refractivity contribution in [3.8, 4) is 0 Å². The summed E-state index contributed by atoms with van der Waals surface area (Å²) in [6, 6.07) is 23.4. The maximum atomic E-state index is 12.3. The third-order valence-corrected chi connectivity index (χ3v) is 3.95. The van der Waals surface area contributed by atoms with Crippen LogP contribution >= 0.6 is 0 Å². The maximum Gasteiger partial charge on any atom is 0.338 e. The average Bonchev–Trinajstić information content (AvgIpc) is 2.98. The fraction of sp³-hybridized carbons (Fsp3) is 0.0500. The minimum atomic E-state index is -0.305. The van der Waals surface area contributed by atoms with Crippen LogP contribution < -0.4 is 0 Å². The molecular formula is C20H15NO2. The van der Waals surface area contributed by atoms with E-state index in [4.69, 9.17) is 4.74 Å². The summed E-state index contributed by atoms with van der Waals surface area (Å²) in [7, 11) is 0. The summed E-state index contributed by atoms with van der Waals surface area (Å²) in [5, 5.41) is 2.15. The second-order valence-electron chi connectivity index (χ2n) is 5.49. The molecule has 0 unspecified atom stereocenters. The predicted molar refractivity (Wildman–Crippen MR) is 91.4 cm³/mol. The van der Waals surface area contributed by atoms with Gasteiger partial charge in [0.2, 0.25) is 0 Å². The monoisotopic (exact) mass is 301 g/mol. The predicted octanol–water partition coefficient (Wildman–Crippen LogP) is 4.68. The van der Waals surface area contributed by atoms with Gasteiger partial charge in [-0.05, 0) is 29.8 Å². The van der Waals surface area contributed by atoms with Crippen molar-refractivity contribution >= 4 is 27.8 Å². The molecule has 0 bridgehead atoms.